The molecule has 27 heavy (non-hydrogen) atoms. The van der Waals surface area contributed by atoms with Crippen LogP contribution in [-0.4, -0.2) is 27.2 Å². The van der Waals surface area contributed by atoms with Crippen LogP contribution in [-0.2, 0) is 19.6 Å². The van der Waals surface area contributed by atoms with E-state index in [-0.39, 0.29) is 23.1 Å². The van der Waals surface area contributed by atoms with Gasteiger partial charge in [-0.25, -0.2) is 13.2 Å². The zero-order valence-electron chi connectivity index (χ0n) is 14.5. The second-order valence-corrected chi connectivity index (χ2v) is 7.98. The van der Waals surface area contributed by atoms with Gasteiger partial charge in [0.25, 0.3) is 0 Å². The van der Waals surface area contributed by atoms with Gasteiger partial charge >= 0.3 is 5.97 Å². The summed E-state index contributed by atoms with van der Waals surface area (Å²) >= 11 is 12.0. The standard InChI is InChI=1S/C18H17Cl2NO5S/c1-3-25-18(22)9-5-12-4-7-17(15(10-12)21-27(2,23)24)26-16-8-6-13(19)11-14(16)20/h4-11,21H,3H2,1-2H3. The maximum absolute atomic E-state index is 11.7. The van der Waals surface area contributed by atoms with E-state index in [1.165, 1.54) is 24.3 Å². The van der Waals surface area contributed by atoms with Gasteiger partial charge in [-0.15, -0.1) is 0 Å². The summed E-state index contributed by atoms with van der Waals surface area (Å²) in [7, 11) is -3.57. The maximum Gasteiger partial charge on any atom is 0.330 e. The molecule has 0 aliphatic heterocycles. The zero-order chi connectivity index (χ0) is 20.0. The summed E-state index contributed by atoms with van der Waals surface area (Å²) in [4.78, 5) is 11.4. The Kier molecular flexibility index (Phi) is 7.12. The van der Waals surface area contributed by atoms with Crippen molar-refractivity contribution in [2.75, 3.05) is 17.6 Å². The fourth-order valence-electron chi connectivity index (χ4n) is 2.05. The normalized spacial score (nSPS) is 11.4. The Labute approximate surface area is 167 Å². The summed E-state index contributed by atoms with van der Waals surface area (Å²) in [5.74, 6) is 0.0498. The van der Waals surface area contributed by atoms with E-state index in [0.717, 1.165) is 6.26 Å². The lowest BCUT2D eigenvalue weighted by Crippen LogP contribution is -2.10. The third-order valence-electron chi connectivity index (χ3n) is 3.11. The number of ether oxygens (including phenoxy) is 2. The molecule has 0 bridgehead atoms. The minimum absolute atomic E-state index is 0.189. The SMILES string of the molecule is CCOC(=O)C=Cc1ccc(Oc2ccc(Cl)cc2Cl)c(NS(C)(=O)=O)c1. The van der Waals surface area contributed by atoms with Gasteiger partial charge in [0, 0.05) is 11.1 Å². The molecule has 0 amide bonds. The van der Waals surface area contributed by atoms with E-state index >= 15 is 0 Å². The molecule has 9 heteroatoms. The van der Waals surface area contributed by atoms with Crippen LogP contribution in [0.1, 0.15) is 12.5 Å². The molecule has 0 saturated carbocycles. The van der Waals surface area contributed by atoms with Crippen LogP contribution in [0.3, 0.4) is 0 Å². The van der Waals surface area contributed by atoms with Crippen molar-refractivity contribution in [2.24, 2.45) is 0 Å². The molecule has 0 heterocycles. The van der Waals surface area contributed by atoms with Crippen molar-refractivity contribution in [1.29, 1.82) is 0 Å². The van der Waals surface area contributed by atoms with E-state index in [1.807, 2.05) is 0 Å². The van der Waals surface area contributed by atoms with E-state index in [2.05, 4.69) is 4.72 Å². The molecule has 0 saturated heterocycles. The largest absolute Gasteiger partial charge is 0.463 e. The van der Waals surface area contributed by atoms with Crippen LogP contribution in [0.5, 0.6) is 11.5 Å². The Hall–Kier alpha value is -2.22. The minimum atomic E-state index is -3.57. The molecule has 0 atom stereocenters. The van der Waals surface area contributed by atoms with Gasteiger partial charge < -0.3 is 9.47 Å². The Morgan fingerprint density at radius 3 is 2.48 bits per heavy atom. The van der Waals surface area contributed by atoms with Crippen LogP contribution >= 0.6 is 23.2 Å². The summed E-state index contributed by atoms with van der Waals surface area (Å²) < 4.78 is 36.3. The molecule has 0 aliphatic carbocycles. The van der Waals surface area contributed by atoms with E-state index in [0.29, 0.717) is 16.3 Å². The summed E-state index contributed by atoms with van der Waals surface area (Å²) in [5, 5.41) is 0.723. The second kappa shape index (κ2) is 9.12. The van der Waals surface area contributed by atoms with Gasteiger partial charge in [0.05, 0.1) is 23.6 Å². The van der Waals surface area contributed by atoms with Gasteiger partial charge in [-0.2, -0.15) is 0 Å². The predicted molar refractivity (Wildman–Crippen MR) is 107 cm³/mol. The zero-order valence-corrected chi connectivity index (χ0v) is 16.9. The van der Waals surface area contributed by atoms with E-state index in [4.69, 9.17) is 32.7 Å². The topological polar surface area (TPSA) is 81.7 Å². The fourth-order valence-corrected chi connectivity index (χ4v) is 3.06. The van der Waals surface area contributed by atoms with Crippen molar-refractivity contribution in [3.8, 4) is 11.5 Å². The highest BCUT2D eigenvalue weighted by molar-refractivity contribution is 7.92. The molecule has 0 fully saturated rings. The average Bonchev–Trinajstić information content (AvgIpc) is 2.56. The molecule has 144 valence electrons. The van der Waals surface area contributed by atoms with Crippen molar-refractivity contribution >= 4 is 51.0 Å². The van der Waals surface area contributed by atoms with E-state index < -0.39 is 16.0 Å². The number of hydrogen-bond acceptors (Lipinski definition) is 5. The first-order valence-electron chi connectivity index (χ1n) is 7.77. The maximum atomic E-state index is 11.7. The highest BCUT2D eigenvalue weighted by Crippen LogP contribution is 2.36. The van der Waals surface area contributed by atoms with Crippen molar-refractivity contribution < 1.29 is 22.7 Å². The van der Waals surface area contributed by atoms with Crippen LogP contribution in [0.4, 0.5) is 5.69 Å². The summed E-state index contributed by atoms with van der Waals surface area (Å²) in [6, 6.07) is 9.42. The lowest BCUT2D eigenvalue weighted by molar-refractivity contribution is -0.137. The van der Waals surface area contributed by atoms with Crippen LogP contribution in [0.25, 0.3) is 6.08 Å². The molecule has 0 spiro atoms. The lowest BCUT2D eigenvalue weighted by Gasteiger charge is -2.14. The number of rotatable bonds is 7. The quantitative estimate of drug-likeness (QED) is 0.507. The smallest absolute Gasteiger partial charge is 0.330 e. The highest BCUT2D eigenvalue weighted by Gasteiger charge is 2.12. The minimum Gasteiger partial charge on any atom is -0.463 e. The molecule has 2 aromatic carbocycles. The molecule has 0 aromatic heterocycles. The predicted octanol–water partition coefficient (Wildman–Crippen LogP) is 4.73. The van der Waals surface area contributed by atoms with Crippen molar-refractivity contribution in [1.82, 2.24) is 0 Å². The number of nitrogens with one attached hydrogen (secondary N) is 1. The molecule has 1 N–H and O–H groups in total. The van der Waals surface area contributed by atoms with E-state index in [9.17, 15) is 13.2 Å². The van der Waals surface area contributed by atoms with Crippen LogP contribution in [0, 0.1) is 0 Å². The van der Waals surface area contributed by atoms with Crippen LogP contribution in [0.2, 0.25) is 10.0 Å². The van der Waals surface area contributed by atoms with Crippen molar-refractivity contribution in [3.05, 3.63) is 58.1 Å². The van der Waals surface area contributed by atoms with Crippen LogP contribution < -0.4 is 9.46 Å². The average molecular weight is 430 g/mol. The Morgan fingerprint density at radius 1 is 1.15 bits per heavy atom. The molecule has 2 rings (SSSR count). The summed E-state index contributed by atoms with van der Waals surface area (Å²) in [6.45, 7) is 1.96. The van der Waals surface area contributed by atoms with Gasteiger partial charge in [0.2, 0.25) is 10.0 Å². The van der Waals surface area contributed by atoms with Gasteiger partial charge in [0.1, 0.15) is 5.75 Å². The number of halogens is 2. The molecular weight excluding hydrogens is 413 g/mol. The number of carbonyl (C=O) groups excluding carboxylic acids is 1. The Morgan fingerprint density at radius 2 is 1.85 bits per heavy atom. The second-order valence-electron chi connectivity index (χ2n) is 5.39. The number of benzene rings is 2. The first-order chi connectivity index (χ1) is 12.7. The molecular formula is C18H17Cl2NO5S. The first kappa shape index (κ1) is 21.1. The Bertz CT molecular complexity index is 974. The Balaban J connectivity index is 2.36. The van der Waals surface area contributed by atoms with E-state index in [1.54, 1.807) is 31.2 Å². The van der Waals surface area contributed by atoms with Gasteiger partial charge in [-0.05, 0) is 48.9 Å². The van der Waals surface area contributed by atoms with Gasteiger partial charge in [-0.3, -0.25) is 4.72 Å². The fraction of sp³-hybridized carbons (Fsp3) is 0.167. The molecule has 0 unspecified atom stereocenters. The van der Waals surface area contributed by atoms with Crippen molar-refractivity contribution in [3.63, 3.8) is 0 Å². The number of hydrogen-bond donors (Lipinski definition) is 1. The summed E-state index contributed by atoms with van der Waals surface area (Å²) in [5.41, 5.74) is 0.762. The number of carbonyl (C=O) groups is 1. The van der Waals surface area contributed by atoms with Crippen LogP contribution in [0.15, 0.2) is 42.5 Å². The number of anilines is 1. The molecule has 6 nitrogen and oxygen atoms in total. The number of esters is 1. The number of sulfonamides is 1. The molecule has 2 aromatic rings. The van der Waals surface area contributed by atoms with Gasteiger partial charge in [-0.1, -0.05) is 29.3 Å². The third-order valence-corrected chi connectivity index (χ3v) is 4.23. The van der Waals surface area contributed by atoms with Gasteiger partial charge in [0.15, 0.2) is 5.75 Å². The molecule has 0 aliphatic rings. The van der Waals surface area contributed by atoms with Crippen molar-refractivity contribution in [2.45, 2.75) is 6.92 Å². The summed E-state index contributed by atoms with van der Waals surface area (Å²) in [6.07, 6.45) is 3.78. The molecule has 0 radical (unpaired) electrons. The lowest BCUT2D eigenvalue weighted by atomic mass is 10.1. The third kappa shape index (κ3) is 6.78. The highest BCUT2D eigenvalue weighted by atomic mass is 35.5. The first-order valence-corrected chi connectivity index (χ1v) is 10.4. The monoisotopic (exact) mass is 429 g/mol.